The average molecular weight is 289 g/mol. The van der Waals surface area contributed by atoms with Crippen molar-refractivity contribution in [3.05, 3.63) is 17.5 Å². The molecule has 0 aliphatic carbocycles. The molecule has 4 N–H and O–H groups in total. The smallest absolute Gasteiger partial charge is 0.354 e. The summed E-state index contributed by atoms with van der Waals surface area (Å²) in [5, 5.41) is 13.6. The minimum Gasteiger partial charge on any atom is -0.477 e. The standard InChI is InChI=1S/C10H15N3O5S/c1-6-5-7(8(12-6)9(14)15)13-10(16)11-3-4-19(2,17)18/h5,12H,3-4H2,1-2H3,(H,14,15)(H2,11,13,16). The lowest BCUT2D eigenvalue weighted by Crippen LogP contribution is -2.32. The number of carboxylic acids is 1. The maximum atomic E-state index is 11.5. The Morgan fingerprint density at radius 1 is 1.42 bits per heavy atom. The molecule has 0 saturated carbocycles. The van der Waals surface area contributed by atoms with Gasteiger partial charge < -0.3 is 20.7 Å². The van der Waals surface area contributed by atoms with Crippen LogP contribution in [0.5, 0.6) is 0 Å². The van der Waals surface area contributed by atoms with Gasteiger partial charge in [0, 0.05) is 18.5 Å². The number of carbonyl (C=O) groups excluding carboxylic acids is 1. The molecule has 0 aliphatic rings. The summed E-state index contributed by atoms with van der Waals surface area (Å²) in [6, 6.07) is 0.810. The van der Waals surface area contributed by atoms with E-state index in [1.807, 2.05) is 0 Å². The van der Waals surface area contributed by atoms with Crippen LogP contribution in [0.1, 0.15) is 16.2 Å². The Kier molecular flexibility index (Phi) is 4.54. The Balaban J connectivity index is 2.60. The summed E-state index contributed by atoms with van der Waals surface area (Å²) in [6.07, 6.45) is 1.06. The second-order valence-corrected chi connectivity index (χ2v) is 6.32. The van der Waals surface area contributed by atoms with Crippen LogP contribution in [-0.4, -0.2) is 49.1 Å². The van der Waals surface area contributed by atoms with Crippen molar-refractivity contribution in [3.8, 4) is 0 Å². The Bertz CT molecular complexity index is 590. The second kappa shape index (κ2) is 5.74. The van der Waals surface area contributed by atoms with E-state index in [0.717, 1.165) is 6.26 Å². The first-order valence-electron chi connectivity index (χ1n) is 5.34. The molecule has 19 heavy (non-hydrogen) atoms. The van der Waals surface area contributed by atoms with Crippen LogP contribution in [0.2, 0.25) is 0 Å². The second-order valence-electron chi connectivity index (χ2n) is 4.06. The highest BCUT2D eigenvalue weighted by Gasteiger charge is 2.15. The van der Waals surface area contributed by atoms with Crippen LogP contribution in [0, 0.1) is 6.92 Å². The van der Waals surface area contributed by atoms with Crippen molar-refractivity contribution in [1.82, 2.24) is 10.3 Å². The quantitative estimate of drug-likeness (QED) is 0.615. The van der Waals surface area contributed by atoms with Gasteiger partial charge in [-0.15, -0.1) is 0 Å². The molecular formula is C10H15N3O5S. The number of aromatic carboxylic acids is 1. The van der Waals surface area contributed by atoms with Crippen LogP contribution in [0.15, 0.2) is 6.07 Å². The van der Waals surface area contributed by atoms with Crippen LogP contribution < -0.4 is 10.6 Å². The van der Waals surface area contributed by atoms with Gasteiger partial charge in [-0.2, -0.15) is 0 Å². The highest BCUT2D eigenvalue weighted by Crippen LogP contribution is 2.16. The molecule has 106 valence electrons. The van der Waals surface area contributed by atoms with Gasteiger partial charge >= 0.3 is 12.0 Å². The van der Waals surface area contributed by atoms with Gasteiger partial charge in [0.05, 0.1) is 11.4 Å². The fourth-order valence-electron chi connectivity index (χ4n) is 1.37. The van der Waals surface area contributed by atoms with E-state index < -0.39 is 21.8 Å². The SMILES string of the molecule is Cc1cc(NC(=O)NCCS(C)(=O)=O)c(C(=O)O)[nH]1. The number of carboxylic acid groups (broad SMARTS) is 1. The van der Waals surface area contributed by atoms with Crippen LogP contribution in [0.3, 0.4) is 0 Å². The monoisotopic (exact) mass is 289 g/mol. The number of sulfone groups is 1. The number of nitrogens with one attached hydrogen (secondary N) is 3. The molecule has 0 aromatic carbocycles. The van der Waals surface area contributed by atoms with Crippen molar-refractivity contribution < 1.29 is 23.1 Å². The van der Waals surface area contributed by atoms with Crippen molar-refractivity contribution in [3.63, 3.8) is 0 Å². The van der Waals surface area contributed by atoms with E-state index in [0.29, 0.717) is 5.69 Å². The number of urea groups is 1. The summed E-state index contributed by atoms with van der Waals surface area (Å²) < 4.78 is 21.7. The molecule has 9 heteroatoms. The molecular weight excluding hydrogens is 274 g/mol. The van der Waals surface area contributed by atoms with Crippen molar-refractivity contribution in [2.24, 2.45) is 0 Å². The van der Waals surface area contributed by atoms with E-state index in [2.05, 4.69) is 15.6 Å². The van der Waals surface area contributed by atoms with E-state index >= 15 is 0 Å². The Morgan fingerprint density at radius 3 is 2.58 bits per heavy atom. The molecule has 1 rings (SSSR count). The van der Waals surface area contributed by atoms with E-state index in [4.69, 9.17) is 5.11 Å². The molecule has 0 atom stereocenters. The van der Waals surface area contributed by atoms with Gasteiger partial charge in [0.25, 0.3) is 0 Å². The number of aromatic amines is 1. The predicted octanol–water partition coefficient (Wildman–Crippen LogP) is 0.187. The zero-order chi connectivity index (χ0) is 14.6. The first-order chi connectivity index (χ1) is 8.69. The largest absolute Gasteiger partial charge is 0.477 e. The lowest BCUT2D eigenvalue weighted by Gasteiger charge is -2.06. The highest BCUT2D eigenvalue weighted by atomic mass is 32.2. The maximum absolute atomic E-state index is 11.5. The minimum atomic E-state index is -3.15. The first-order valence-corrected chi connectivity index (χ1v) is 7.40. The Morgan fingerprint density at radius 2 is 2.05 bits per heavy atom. The molecule has 0 radical (unpaired) electrons. The maximum Gasteiger partial charge on any atom is 0.354 e. The van der Waals surface area contributed by atoms with Crippen molar-refractivity contribution in [2.75, 3.05) is 23.9 Å². The molecule has 1 aromatic rings. The molecule has 2 amide bonds. The molecule has 0 aliphatic heterocycles. The van der Waals surface area contributed by atoms with Crippen molar-refractivity contribution >= 4 is 27.5 Å². The van der Waals surface area contributed by atoms with E-state index in [1.165, 1.54) is 6.07 Å². The van der Waals surface area contributed by atoms with Gasteiger partial charge in [0.15, 0.2) is 0 Å². The van der Waals surface area contributed by atoms with E-state index in [-0.39, 0.29) is 23.7 Å². The highest BCUT2D eigenvalue weighted by molar-refractivity contribution is 7.90. The first kappa shape index (κ1) is 15.0. The summed E-state index contributed by atoms with van der Waals surface area (Å²) in [6.45, 7) is 1.61. The van der Waals surface area contributed by atoms with Gasteiger partial charge in [0.1, 0.15) is 15.5 Å². The summed E-state index contributed by atoms with van der Waals surface area (Å²) in [7, 11) is -3.15. The summed E-state index contributed by atoms with van der Waals surface area (Å²) in [4.78, 5) is 24.9. The molecule has 0 fully saturated rings. The molecule has 0 saturated heterocycles. The molecule has 1 heterocycles. The Hall–Kier alpha value is -2.03. The zero-order valence-electron chi connectivity index (χ0n) is 10.5. The summed E-state index contributed by atoms with van der Waals surface area (Å²) in [5.74, 6) is -1.38. The fraction of sp³-hybridized carbons (Fsp3) is 0.400. The number of aryl methyl sites for hydroxylation is 1. The van der Waals surface area contributed by atoms with E-state index in [1.54, 1.807) is 6.92 Å². The number of hydrogen-bond acceptors (Lipinski definition) is 4. The molecule has 0 spiro atoms. The minimum absolute atomic E-state index is 0.0452. The molecule has 8 nitrogen and oxygen atoms in total. The van der Waals surface area contributed by atoms with Gasteiger partial charge in [-0.3, -0.25) is 0 Å². The van der Waals surface area contributed by atoms with Gasteiger partial charge in [-0.1, -0.05) is 0 Å². The summed E-state index contributed by atoms with van der Waals surface area (Å²) in [5.41, 5.74) is 0.585. The number of H-pyrrole nitrogens is 1. The van der Waals surface area contributed by atoms with Crippen LogP contribution >= 0.6 is 0 Å². The number of aromatic nitrogens is 1. The Labute approximate surface area is 110 Å². The predicted molar refractivity (Wildman–Crippen MR) is 69.2 cm³/mol. The third-order valence-corrected chi connectivity index (χ3v) is 3.12. The van der Waals surface area contributed by atoms with Gasteiger partial charge in [0.2, 0.25) is 0 Å². The number of hydrogen-bond donors (Lipinski definition) is 4. The normalized spacial score (nSPS) is 11.1. The van der Waals surface area contributed by atoms with Gasteiger partial charge in [-0.05, 0) is 13.0 Å². The van der Waals surface area contributed by atoms with E-state index in [9.17, 15) is 18.0 Å². The lowest BCUT2D eigenvalue weighted by molar-refractivity contribution is 0.0692. The summed E-state index contributed by atoms with van der Waals surface area (Å²) >= 11 is 0. The van der Waals surface area contributed by atoms with Crippen molar-refractivity contribution in [2.45, 2.75) is 6.92 Å². The number of amides is 2. The van der Waals surface area contributed by atoms with Gasteiger partial charge in [-0.25, -0.2) is 18.0 Å². The number of anilines is 1. The van der Waals surface area contributed by atoms with Crippen LogP contribution in [-0.2, 0) is 9.84 Å². The van der Waals surface area contributed by atoms with Crippen LogP contribution in [0.25, 0.3) is 0 Å². The molecule has 0 bridgehead atoms. The number of carbonyl (C=O) groups is 2. The molecule has 1 aromatic heterocycles. The lowest BCUT2D eigenvalue weighted by atomic mass is 10.3. The van der Waals surface area contributed by atoms with Crippen molar-refractivity contribution in [1.29, 1.82) is 0 Å². The number of rotatable bonds is 5. The van der Waals surface area contributed by atoms with Crippen LogP contribution in [0.4, 0.5) is 10.5 Å². The topological polar surface area (TPSA) is 128 Å². The zero-order valence-corrected chi connectivity index (χ0v) is 11.3. The average Bonchev–Trinajstić information content (AvgIpc) is 2.57. The third kappa shape index (κ3) is 5.00. The third-order valence-electron chi connectivity index (χ3n) is 2.17. The molecule has 0 unspecified atom stereocenters. The fourth-order valence-corrected chi connectivity index (χ4v) is 1.85.